The fourth-order valence-electron chi connectivity index (χ4n) is 1.26. The normalized spacial score (nSPS) is 10.4. The summed E-state index contributed by atoms with van der Waals surface area (Å²) >= 11 is 0. The van der Waals surface area contributed by atoms with Crippen LogP contribution in [0.4, 0.5) is 0 Å². The summed E-state index contributed by atoms with van der Waals surface area (Å²) in [4.78, 5) is 13.7. The minimum absolute atomic E-state index is 0.352. The van der Waals surface area contributed by atoms with Crippen LogP contribution in [-0.2, 0) is 4.79 Å². The molecule has 4 nitrogen and oxygen atoms in total. The number of rotatable bonds is 2. The maximum Gasteiger partial charge on any atom is 0.338 e. The fraction of sp³-hybridized carbons (Fsp3) is 0.100. The highest BCUT2D eigenvalue weighted by atomic mass is 16.6. The zero-order valence-electron chi connectivity index (χ0n) is 7.36. The van der Waals surface area contributed by atoms with Crippen molar-refractivity contribution in [2.75, 3.05) is 6.61 Å². The molecular weight excluding hydrogens is 182 g/mol. The number of para-hydroxylation sites is 1. The molecule has 0 unspecified atom stereocenters. The summed E-state index contributed by atoms with van der Waals surface area (Å²) < 4.78 is 4.80. The molecule has 2 N–H and O–H groups in total. The predicted octanol–water partition coefficient (Wildman–Crippen LogP) is 1.07. The van der Waals surface area contributed by atoms with Crippen molar-refractivity contribution in [3.8, 4) is 5.88 Å². The van der Waals surface area contributed by atoms with Gasteiger partial charge in [0.1, 0.15) is 6.61 Å². The Morgan fingerprint density at radius 2 is 2.21 bits per heavy atom. The molecule has 14 heavy (non-hydrogen) atoms. The van der Waals surface area contributed by atoms with Crippen molar-refractivity contribution < 1.29 is 14.6 Å². The molecule has 1 aromatic carbocycles. The first-order chi connectivity index (χ1) is 6.79. The first kappa shape index (κ1) is 8.77. The van der Waals surface area contributed by atoms with Crippen LogP contribution in [0.15, 0.2) is 30.3 Å². The quantitative estimate of drug-likeness (QED) is 0.698. The Kier molecular flexibility index (Phi) is 2.20. The Bertz CT molecular complexity index is 428. The number of esters is 1. The molecule has 0 fully saturated rings. The molecule has 1 heterocycles. The molecule has 0 saturated carbocycles. The van der Waals surface area contributed by atoms with Gasteiger partial charge in [0.05, 0.1) is 0 Å². The summed E-state index contributed by atoms with van der Waals surface area (Å²) in [5.41, 5.74) is 0.897. The minimum atomic E-state index is -0.670. The predicted molar refractivity (Wildman–Crippen MR) is 51.0 cm³/mol. The van der Waals surface area contributed by atoms with Crippen LogP contribution in [-0.4, -0.2) is 22.7 Å². The van der Waals surface area contributed by atoms with Crippen LogP contribution >= 0.6 is 0 Å². The summed E-state index contributed by atoms with van der Waals surface area (Å²) in [6, 6.07) is 9.28. The number of carbonyl (C=O) groups excluding carboxylic acids is 1. The van der Waals surface area contributed by atoms with E-state index in [-0.39, 0.29) is 0 Å². The molecule has 1 aromatic heterocycles. The lowest BCUT2D eigenvalue weighted by Gasteiger charge is -1.96. The molecule has 2 aromatic rings. The number of hydrogen-bond acceptors (Lipinski definition) is 3. The van der Waals surface area contributed by atoms with Crippen LogP contribution in [0.1, 0.15) is 0 Å². The molecular formula is C10H9NO3. The Labute approximate surface area is 80.1 Å². The molecule has 0 bridgehead atoms. The van der Waals surface area contributed by atoms with Crippen molar-refractivity contribution in [2.24, 2.45) is 0 Å². The number of aliphatic hydroxyl groups excluding tert-OH is 1. The molecule has 72 valence electrons. The van der Waals surface area contributed by atoms with E-state index in [9.17, 15) is 4.79 Å². The van der Waals surface area contributed by atoms with E-state index in [2.05, 4.69) is 4.98 Å². The van der Waals surface area contributed by atoms with E-state index < -0.39 is 12.6 Å². The summed E-state index contributed by atoms with van der Waals surface area (Å²) in [5.74, 6) is -0.318. The molecule has 2 rings (SSSR count). The van der Waals surface area contributed by atoms with Crippen molar-refractivity contribution in [2.45, 2.75) is 0 Å². The standard InChI is InChI=1S/C10H9NO3/c12-6-10(13)14-9-5-7-3-1-2-4-8(7)11-9/h1-5,11-12H,6H2. The third-order valence-electron chi connectivity index (χ3n) is 1.86. The van der Waals surface area contributed by atoms with Crippen molar-refractivity contribution in [3.63, 3.8) is 0 Å². The number of aromatic amines is 1. The maximum absolute atomic E-state index is 10.8. The lowest BCUT2D eigenvalue weighted by molar-refractivity contribution is -0.137. The van der Waals surface area contributed by atoms with E-state index in [1.165, 1.54) is 0 Å². The molecule has 0 atom stereocenters. The number of H-pyrrole nitrogens is 1. The smallest absolute Gasteiger partial charge is 0.338 e. The first-order valence-corrected chi connectivity index (χ1v) is 4.19. The van der Waals surface area contributed by atoms with Crippen LogP contribution in [0.5, 0.6) is 5.88 Å². The average Bonchev–Trinajstić information content (AvgIpc) is 2.59. The van der Waals surface area contributed by atoms with Crippen LogP contribution in [0, 0.1) is 0 Å². The largest absolute Gasteiger partial charge is 0.408 e. The monoisotopic (exact) mass is 191 g/mol. The van der Waals surface area contributed by atoms with Crippen LogP contribution in [0.3, 0.4) is 0 Å². The van der Waals surface area contributed by atoms with Gasteiger partial charge < -0.3 is 14.8 Å². The molecule has 0 amide bonds. The highest BCUT2D eigenvalue weighted by Crippen LogP contribution is 2.19. The Morgan fingerprint density at radius 3 is 2.93 bits per heavy atom. The molecule has 0 aliphatic rings. The fourth-order valence-corrected chi connectivity index (χ4v) is 1.26. The van der Waals surface area contributed by atoms with Gasteiger partial charge in [-0.3, -0.25) is 0 Å². The lowest BCUT2D eigenvalue weighted by Crippen LogP contribution is -2.12. The van der Waals surface area contributed by atoms with Gasteiger partial charge in [-0.1, -0.05) is 18.2 Å². The molecule has 0 aliphatic carbocycles. The molecule has 0 saturated heterocycles. The number of ether oxygens (including phenoxy) is 1. The molecule has 4 heteroatoms. The van der Waals surface area contributed by atoms with Crippen molar-refractivity contribution in [1.82, 2.24) is 4.98 Å². The number of benzene rings is 1. The zero-order chi connectivity index (χ0) is 9.97. The Morgan fingerprint density at radius 1 is 1.43 bits per heavy atom. The van der Waals surface area contributed by atoms with Crippen molar-refractivity contribution >= 4 is 16.9 Å². The number of aliphatic hydroxyl groups is 1. The number of aromatic nitrogens is 1. The minimum Gasteiger partial charge on any atom is -0.408 e. The maximum atomic E-state index is 10.8. The zero-order valence-corrected chi connectivity index (χ0v) is 7.36. The number of hydrogen-bond donors (Lipinski definition) is 2. The lowest BCUT2D eigenvalue weighted by atomic mass is 10.3. The first-order valence-electron chi connectivity index (χ1n) is 4.19. The van der Waals surface area contributed by atoms with E-state index in [1.54, 1.807) is 6.07 Å². The van der Waals surface area contributed by atoms with E-state index in [1.807, 2.05) is 24.3 Å². The summed E-state index contributed by atoms with van der Waals surface area (Å²) in [5, 5.41) is 9.45. The van der Waals surface area contributed by atoms with Gasteiger partial charge in [-0.05, 0) is 6.07 Å². The van der Waals surface area contributed by atoms with Crippen LogP contribution in [0.25, 0.3) is 10.9 Å². The van der Waals surface area contributed by atoms with Crippen LogP contribution < -0.4 is 4.74 Å². The highest BCUT2D eigenvalue weighted by molar-refractivity contribution is 5.82. The van der Waals surface area contributed by atoms with Gasteiger partial charge in [-0.2, -0.15) is 0 Å². The van der Waals surface area contributed by atoms with Gasteiger partial charge in [0, 0.05) is 17.0 Å². The van der Waals surface area contributed by atoms with Crippen molar-refractivity contribution in [3.05, 3.63) is 30.3 Å². The van der Waals surface area contributed by atoms with Gasteiger partial charge in [0.2, 0.25) is 5.88 Å². The third kappa shape index (κ3) is 1.60. The number of nitrogens with one attached hydrogen (secondary N) is 1. The summed E-state index contributed by atoms with van der Waals surface area (Å²) in [6.07, 6.45) is 0. The average molecular weight is 191 g/mol. The van der Waals surface area contributed by atoms with E-state index in [4.69, 9.17) is 9.84 Å². The van der Waals surface area contributed by atoms with Gasteiger partial charge in [-0.15, -0.1) is 0 Å². The Hall–Kier alpha value is -1.81. The van der Waals surface area contributed by atoms with Gasteiger partial charge in [0.15, 0.2) is 0 Å². The second kappa shape index (κ2) is 3.51. The van der Waals surface area contributed by atoms with E-state index >= 15 is 0 Å². The number of carbonyl (C=O) groups is 1. The summed E-state index contributed by atoms with van der Waals surface area (Å²) in [6.45, 7) is -0.616. The second-order valence-electron chi connectivity index (χ2n) is 2.85. The number of fused-ring (bicyclic) bond motifs is 1. The van der Waals surface area contributed by atoms with E-state index in [0.717, 1.165) is 10.9 Å². The summed E-state index contributed by atoms with van der Waals surface area (Å²) in [7, 11) is 0. The molecule has 0 spiro atoms. The Balaban J connectivity index is 2.31. The molecule has 0 aliphatic heterocycles. The highest BCUT2D eigenvalue weighted by Gasteiger charge is 2.05. The van der Waals surface area contributed by atoms with Gasteiger partial charge >= 0.3 is 5.97 Å². The van der Waals surface area contributed by atoms with Crippen LogP contribution in [0.2, 0.25) is 0 Å². The van der Waals surface area contributed by atoms with Gasteiger partial charge in [-0.25, -0.2) is 4.79 Å². The van der Waals surface area contributed by atoms with E-state index in [0.29, 0.717) is 5.88 Å². The van der Waals surface area contributed by atoms with Crippen molar-refractivity contribution in [1.29, 1.82) is 0 Å². The second-order valence-corrected chi connectivity index (χ2v) is 2.85. The van der Waals surface area contributed by atoms with Gasteiger partial charge in [0.25, 0.3) is 0 Å². The topological polar surface area (TPSA) is 62.3 Å². The third-order valence-corrected chi connectivity index (χ3v) is 1.86. The molecule has 0 radical (unpaired) electrons. The SMILES string of the molecule is O=C(CO)Oc1cc2ccccc2[nH]1.